The molecule has 1 aliphatic carbocycles. The van der Waals surface area contributed by atoms with Crippen molar-refractivity contribution in [3.8, 4) is 0 Å². The standard InChI is InChI=1S/C12H23BrN2/c1-14-6-8-15(9-7-14)11-12(10-13)4-2-3-5-12/h2-11H2,1H3. The van der Waals surface area contributed by atoms with E-state index >= 15 is 0 Å². The third-order valence-electron chi connectivity index (χ3n) is 4.10. The first-order valence-corrected chi connectivity index (χ1v) is 7.33. The van der Waals surface area contributed by atoms with Crippen LogP contribution in [0.5, 0.6) is 0 Å². The highest BCUT2D eigenvalue weighted by atomic mass is 79.9. The Morgan fingerprint density at radius 2 is 1.67 bits per heavy atom. The second kappa shape index (κ2) is 5.15. The summed E-state index contributed by atoms with van der Waals surface area (Å²) >= 11 is 3.73. The third kappa shape index (κ3) is 2.95. The van der Waals surface area contributed by atoms with Gasteiger partial charge in [-0.1, -0.05) is 28.8 Å². The average molecular weight is 275 g/mol. The quantitative estimate of drug-likeness (QED) is 0.728. The minimum atomic E-state index is 0.607. The summed E-state index contributed by atoms with van der Waals surface area (Å²) in [7, 11) is 2.23. The zero-order valence-corrected chi connectivity index (χ0v) is 11.4. The van der Waals surface area contributed by atoms with E-state index in [1.807, 2.05) is 0 Å². The van der Waals surface area contributed by atoms with Gasteiger partial charge in [-0.15, -0.1) is 0 Å². The summed E-state index contributed by atoms with van der Waals surface area (Å²) in [6.07, 6.45) is 5.76. The van der Waals surface area contributed by atoms with Crippen molar-refractivity contribution in [3.63, 3.8) is 0 Å². The molecule has 1 aliphatic heterocycles. The van der Waals surface area contributed by atoms with Crippen LogP contribution in [0, 0.1) is 5.41 Å². The smallest absolute Gasteiger partial charge is 0.0110 e. The van der Waals surface area contributed by atoms with Gasteiger partial charge in [-0.25, -0.2) is 0 Å². The number of hydrogen-bond donors (Lipinski definition) is 0. The minimum absolute atomic E-state index is 0.607. The summed E-state index contributed by atoms with van der Waals surface area (Å²) < 4.78 is 0. The van der Waals surface area contributed by atoms with Gasteiger partial charge in [0.25, 0.3) is 0 Å². The van der Waals surface area contributed by atoms with Gasteiger partial charge in [-0.3, -0.25) is 0 Å². The number of likely N-dealkylation sites (N-methyl/N-ethyl adjacent to an activating group) is 1. The Kier molecular flexibility index (Phi) is 4.08. The Morgan fingerprint density at radius 1 is 1.07 bits per heavy atom. The summed E-state index contributed by atoms with van der Waals surface area (Å²) in [5.41, 5.74) is 0.607. The molecular weight excluding hydrogens is 252 g/mol. The maximum absolute atomic E-state index is 3.73. The maximum Gasteiger partial charge on any atom is 0.0110 e. The Balaban J connectivity index is 1.84. The molecule has 0 spiro atoms. The molecule has 0 unspecified atom stereocenters. The lowest BCUT2D eigenvalue weighted by molar-refractivity contribution is 0.108. The molecule has 0 N–H and O–H groups in total. The monoisotopic (exact) mass is 274 g/mol. The van der Waals surface area contributed by atoms with E-state index in [2.05, 4.69) is 32.8 Å². The largest absolute Gasteiger partial charge is 0.304 e. The molecule has 1 saturated heterocycles. The van der Waals surface area contributed by atoms with E-state index < -0.39 is 0 Å². The molecule has 2 nitrogen and oxygen atoms in total. The Morgan fingerprint density at radius 3 is 2.20 bits per heavy atom. The molecule has 1 saturated carbocycles. The van der Waals surface area contributed by atoms with Crippen LogP contribution in [0.3, 0.4) is 0 Å². The van der Waals surface area contributed by atoms with Crippen molar-refractivity contribution in [2.45, 2.75) is 25.7 Å². The highest BCUT2D eigenvalue weighted by Crippen LogP contribution is 2.40. The van der Waals surface area contributed by atoms with Crippen molar-refractivity contribution in [3.05, 3.63) is 0 Å². The molecule has 0 amide bonds. The number of rotatable bonds is 3. The summed E-state index contributed by atoms with van der Waals surface area (Å²) in [5, 5.41) is 1.20. The summed E-state index contributed by atoms with van der Waals surface area (Å²) in [4.78, 5) is 5.11. The van der Waals surface area contributed by atoms with Crippen LogP contribution >= 0.6 is 15.9 Å². The number of piperazine rings is 1. The molecule has 1 heterocycles. The van der Waals surface area contributed by atoms with Crippen LogP contribution in [0.4, 0.5) is 0 Å². The van der Waals surface area contributed by atoms with E-state index in [0.717, 1.165) is 0 Å². The van der Waals surface area contributed by atoms with E-state index in [1.54, 1.807) is 0 Å². The number of halogens is 1. The molecule has 3 heteroatoms. The van der Waals surface area contributed by atoms with Crippen molar-refractivity contribution in [2.75, 3.05) is 45.1 Å². The van der Waals surface area contributed by atoms with Gasteiger partial charge < -0.3 is 9.80 Å². The first kappa shape index (κ1) is 11.9. The summed E-state index contributed by atoms with van der Waals surface area (Å²) in [6, 6.07) is 0. The molecule has 2 rings (SSSR count). The number of nitrogens with zero attached hydrogens (tertiary/aromatic N) is 2. The second-order valence-corrected chi connectivity index (χ2v) is 5.98. The lowest BCUT2D eigenvalue weighted by Crippen LogP contribution is -2.48. The molecule has 0 aromatic rings. The fraction of sp³-hybridized carbons (Fsp3) is 1.00. The topological polar surface area (TPSA) is 6.48 Å². The van der Waals surface area contributed by atoms with Gasteiger partial charge in [0.2, 0.25) is 0 Å². The molecule has 15 heavy (non-hydrogen) atoms. The Labute approximate surface area is 102 Å². The van der Waals surface area contributed by atoms with Gasteiger partial charge in [0.15, 0.2) is 0 Å². The second-order valence-electron chi connectivity index (χ2n) is 5.42. The van der Waals surface area contributed by atoms with E-state index in [-0.39, 0.29) is 0 Å². The molecule has 0 bridgehead atoms. The van der Waals surface area contributed by atoms with Gasteiger partial charge >= 0.3 is 0 Å². The lowest BCUT2D eigenvalue weighted by Gasteiger charge is -2.38. The molecule has 0 atom stereocenters. The van der Waals surface area contributed by atoms with E-state index in [1.165, 1.54) is 63.7 Å². The third-order valence-corrected chi connectivity index (χ3v) is 5.29. The van der Waals surface area contributed by atoms with Gasteiger partial charge in [0, 0.05) is 38.1 Å². The van der Waals surface area contributed by atoms with Crippen molar-refractivity contribution < 1.29 is 0 Å². The Bertz CT molecular complexity index is 194. The van der Waals surface area contributed by atoms with Crippen LogP contribution in [0.25, 0.3) is 0 Å². The molecular formula is C12H23BrN2. The van der Waals surface area contributed by atoms with E-state index in [0.29, 0.717) is 5.41 Å². The highest BCUT2D eigenvalue weighted by Gasteiger charge is 2.34. The highest BCUT2D eigenvalue weighted by molar-refractivity contribution is 9.09. The van der Waals surface area contributed by atoms with Gasteiger partial charge in [-0.2, -0.15) is 0 Å². The average Bonchev–Trinajstić information content (AvgIpc) is 2.71. The van der Waals surface area contributed by atoms with Crippen molar-refractivity contribution in [1.29, 1.82) is 0 Å². The van der Waals surface area contributed by atoms with Crippen LogP contribution in [0.15, 0.2) is 0 Å². The lowest BCUT2D eigenvalue weighted by atomic mass is 9.88. The number of hydrogen-bond acceptors (Lipinski definition) is 2. The van der Waals surface area contributed by atoms with Crippen LogP contribution < -0.4 is 0 Å². The predicted molar refractivity (Wildman–Crippen MR) is 68.6 cm³/mol. The SMILES string of the molecule is CN1CCN(CC2(CBr)CCCC2)CC1. The van der Waals surface area contributed by atoms with Gasteiger partial charge in [0.05, 0.1) is 0 Å². The molecule has 0 aromatic heterocycles. The van der Waals surface area contributed by atoms with Crippen molar-refractivity contribution in [2.24, 2.45) is 5.41 Å². The van der Waals surface area contributed by atoms with Crippen molar-refractivity contribution in [1.82, 2.24) is 9.80 Å². The van der Waals surface area contributed by atoms with Crippen LogP contribution in [-0.4, -0.2) is 54.9 Å². The van der Waals surface area contributed by atoms with E-state index in [4.69, 9.17) is 0 Å². The van der Waals surface area contributed by atoms with E-state index in [9.17, 15) is 0 Å². The molecule has 2 fully saturated rings. The first-order valence-electron chi connectivity index (χ1n) is 6.21. The van der Waals surface area contributed by atoms with Crippen molar-refractivity contribution >= 4 is 15.9 Å². The zero-order valence-electron chi connectivity index (χ0n) is 9.84. The molecule has 2 aliphatic rings. The van der Waals surface area contributed by atoms with Gasteiger partial charge in [0.1, 0.15) is 0 Å². The summed E-state index contributed by atoms with van der Waals surface area (Å²) in [5.74, 6) is 0. The predicted octanol–water partition coefficient (Wildman–Crippen LogP) is 2.19. The van der Waals surface area contributed by atoms with Crippen LogP contribution in [0.1, 0.15) is 25.7 Å². The van der Waals surface area contributed by atoms with Crippen LogP contribution in [-0.2, 0) is 0 Å². The number of alkyl halides is 1. The molecule has 0 radical (unpaired) electrons. The fourth-order valence-corrected chi connectivity index (χ4v) is 3.68. The summed E-state index contributed by atoms with van der Waals surface area (Å²) in [6.45, 7) is 6.36. The fourth-order valence-electron chi connectivity index (χ4n) is 2.94. The normalized spacial score (nSPS) is 28.4. The zero-order chi connectivity index (χ0) is 10.7. The van der Waals surface area contributed by atoms with Crippen LogP contribution in [0.2, 0.25) is 0 Å². The molecule has 0 aromatic carbocycles. The van der Waals surface area contributed by atoms with Gasteiger partial charge in [-0.05, 0) is 25.3 Å². The Hall–Kier alpha value is 0.400. The minimum Gasteiger partial charge on any atom is -0.304 e. The first-order chi connectivity index (χ1) is 7.24. The maximum atomic E-state index is 3.73. The molecule has 88 valence electrons.